The van der Waals surface area contributed by atoms with E-state index in [0.717, 1.165) is 39.4 Å². The van der Waals surface area contributed by atoms with Crippen LogP contribution in [0.5, 0.6) is 11.5 Å². The van der Waals surface area contributed by atoms with Gasteiger partial charge in [-0.25, -0.2) is 4.79 Å². The number of carboxylic acid groups (broad SMARTS) is 1. The lowest BCUT2D eigenvalue weighted by molar-refractivity contribution is -0.139. The third-order valence-corrected chi connectivity index (χ3v) is 6.95. The van der Waals surface area contributed by atoms with E-state index in [1.165, 1.54) is 0 Å². The highest BCUT2D eigenvalue weighted by Gasteiger charge is 2.22. The van der Waals surface area contributed by atoms with Crippen molar-refractivity contribution in [1.29, 1.82) is 0 Å². The maximum Gasteiger partial charge on any atom is 0.326 e. The molecule has 0 saturated carbocycles. The number of ether oxygens (including phenoxy) is 1. The fourth-order valence-electron chi connectivity index (χ4n) is 4.20. The van der Waals surface area contributed by atoms with Crippen LogP contribution in [0.3, 0.4) is 0 Å². The summed E-state index contributed by atoms with van der Waals surface area (Å²) >= 11 is 1.55. The molecule has 4 aromatic rings. The van der Waals surface area contributed by atoms with Crippen LogP contribution in [0.25, 0.3) is 11.1 Å². The van der Waals surface area contributed by atoms with E-state index in [1.54, 1.807) is 17.8 Å². The molecule has 6 nitrogen and oxygen atoms in total. The minimum Gasteiger partial charge on any atom is -0.480 e. The molecule has 0 aliphatic rings. The van der Waals surface area contributed by atoms with Crippen LogP contribution in [-0.2, 0) is 11.3 Å². The Bertz CT molecular complexity index is 1410. The summed E-state index contributed by atoms with van der Waals surface area (Å²) in [7, 11) is 0. The summed E-state index contributed by atoms with van der Waals surface area (Å²) < 4.78 is 5.87. The highest BCUT2D eigenvalue weighted by molar-refractivity contribution is 7.98. The number of thioether (sulfide) groups is 1. The average Bonchev–Trinajstić information content (AvgIpc) is 2.95. The predicted molar refractivity (Wildman–Crippen MR) is 159 cm³/mol. The van der Waals surface area contributed by atoms with Gasteiger partial charge in [-0.3, -0.25) is 4.79 Å². The number of hydrogen-bond acceptors (Lipinski definition) is 5. The molecular weight excluding hydrogens is 508 g/mol. The fraction of sp³-hybridized carbons (Fsp3) is 0.188. The molecule has 39 heavy (non-hydrogen) atoms. The van der Waals surface area contributed by atoms with Gasteiger partial charge in [0.25, 0.3) is 5.91 Å². The van der Waals surface area contributed by atoms with E-state index < -0.39 is 17.9 Å². The molecule has 0 aliphatic carbocycles. The van der Waals surface area contributed by atoms with E-state index in [2.05, 4.69) is 10.6 Å². The number of para-hydroxylation sites is 1. The molecule has 7 heteroatoms. The van der Waals surface area contributed by atoms with Crippen LogP contribution >= 0.6 is 11.8 Å². The Kier molecular flexibility index (Phi) is 9.64. The summed E-state index contributed by atoms with van der Waals surface area (Å²) in [6.07, 6.45) is 2.27. The largest absolute Gasteiger partial charge is 0.480 e. The first-order chi connectivity index (χ1) is 18.9. The topological polar surface area (TPSA) is 87.7 Å². The number of anilines is 1. The van der Waals surface area contributed by atoms with Crippen LogP contribution in [0.1, 0.15) is 27.9 Å². The smallest absolute Gasteiger partial charge is 0.326 e. The summed E-state index contributed by atoms with van der Waals surface area (Å²) in [5, 5.41) is 15.7. The number of aryl methyl sites for hydroxylation is 1. The number of nitrogens with one attached hydrogen (secondary N) is 2. The van der Waals surface area contributed by atoms with Crippen LogP contribution in [0, 0.1) is 6.92 Å². The number of carbonyl (C=O) groups excluding carboxylic acids is 1. The van der Waals surface area contributed by atoms with Crippen molar-refractivity contribution in [2.75, 3.05) is 17.3 Å². The molecule has 1 atom stereocenters. The standard InChI is InChI=1S/C32H32N2O4S/c1-22-8-6-7-11-27(22)29-20-23(12-17-28(29)31(35)34-30(32(36)37)18-19-39-2)21-33-24-13-15-26(16-14-24)38-25-9-4-3-5-10-25/h3-17,20,30,33H,18-19,21H2,1-2H3,(H,34,35)(H,36,37)/t30-/m0/s1. The normalized spacial score (nSPS) is 11.4. The van der Waals surface area contributed by atoms with Gasteiger partial charge in [0.2, 0.25) is 0 Å². The number of benzene rings is 4. The van der Waals surface area contributed by atoms with Gasteiger partial charge in [-0.2, -0.15) is 11.8 Å². The Morgan fingerprint density at radius 2 is 1.56 bits per heavy atom. The van der Waals surface area contributed by atoms with Gasteiger partial charge in [-0.15, -0.1) is 0 Å². The molecular formula is C32H32N2O4S. The molecule has 0 fully saturated rings. The lowest BCUT2D eigenvalue weighted by Gasteiger charge is -2.18. The minimum absolute atomic E-state index is 0.360. The molecule has 0 aliphatic heterocycles. The molecule has 0 saturated heterocycles. The van der Waals surface area contributed by atoms with E-state index >= 15 is 0 Å². The Hall–Kier alpha value is -4.23. The average molecular weight is 541 g/mol. The van der Waals surface area contributed by atoms with Crippen molar-refractivity contribution < 1.29 is 19.4 Å². The van der Waals surface area contributed by atoms with Gasteiger partial charge in [0.05, 0.1) is 0 Å². The van der Waals surface area contributed by atoms with Gasteiger partial charge in [0.1, 0.15) is 17.5 Å². The van der Waals surface area contributed by atoms with Crippen molar-refractivity contribution in [3.63, 3.8) is 0 Å². The first-order valence-electron chi connectivity index (χ1n) is 12.7. The second-order valence-corrected chi connectivity index (χ2v) is 10.1. The third-order valence-electron chi connectivity index (χ3n) is 6.31. The van der Waals surface area contributed by atoms with Crippen LogP contribution in [0.4, 0.5) is 5.69 Å². The zero-order valence-corrected chi connectivity index (χ0v) is 22.8. The zero-order valence-electron chi connectivity index (χ0n) is 22.0. The van der Waals surface area contributed by atoms with Crippen LogP contribution < -0.4 is 15.4 Å². The van der Waals surface area contributed by atoms with Crippen LogP contribution in [0.15, 0.2) is 97.1 Å². The van der Waals surface area contributed by atoms with E-state index in [-0.39, 0.29) is 0 Å². The SMILES string of the molecule is CSCC[C@H](NC(=O)c1ccc(CNc2ccc(Oc3ccccc3)cc2)cc1-c1ccccc1C)C(=O)O. The molecule has 0 unspecified atom stereocenters. The van der Waals surface area contributed by atoms with Gasteiger partial charge in [-0.05, 0) is 96.1 Å². The van der Waals surface area contributed by atoms with Gasteiger partial charge in [-0.1, -0.05) is 48.5 Å². The molecule has 0 heterocycles. The number of carbonyl (C=O) groups is 2. The Morgan fingerprint density at radius 1 is 0.872 bits per heavy atom. The Labute approximate surface area is 233 Å². The maximum atomic E-state index is 13.3. The van der Waals surface area contributed by atoms with Crippen LogP contribution in [-0.4, -0.2) is 35.0 Å². The van der Waals surface area contributed by atoms with Crippen molar-refractivity contribution in [1.82, 2.24) is 5.32 Å². The van der Waals surface area contributed by atoms with Crippen molar-refractivity contribution >= 4 is 29.3 Å². The summed E-state index contributed by atoms with van der Waals surface area (Å²) in [6.45, 7) is 2.55. The first kappa shape index (κ1) is 27.8. The highest BCUT2D eigenvalue weighted by Crippen LogP contribution is 2.29. The number of carboxylic acids is 1. The van der Waals surface area contributed by atoms with E-state index in [1.807, 2.05) is 104 Å². The molecule has 0 bridgehead atoms. The fourth-order valence-corrected chi connectivity index (χ4v) is 4.67. The molecule has 1 amide bonds. The predicted octanol–water partition coefficient (Wildman–Crippen LogP) is 7.00. The van der Waals surface area contributed by atoms with E-state index in [0.29, 0.717) is 24.3 Å². The van der Waals surface area contributed by atoms with E-state index in [4.69, 9.17) is 4.74 Å². The van der Waals surface area contributed by atoms with Gasteiger partial charge >= 0.3 is 5.97 Å². The van der Waals surface area contributed by atoms with Crippen molar-refractivity contribution in [3.05, 3.63) is 114 Å². The van der Waals surface area contributed by atoms with E-state index in [9.17, 15) is 14.7 Å². The molecule has 3 N–H and O–H groups in total. The number of aliphatic carboxylic acids is 1. The van der Waals surface area contributed by atoms with Gasteiger partial charge in [0, 0.05) is 17.8 Å². The van der Waals surface area contributed by atoms with Gasteiger partial charge < -0.3 is 20.5 Å². The summed E-state index contributed by atoms with van der Waals surface area (Å²) in [5.41, 5.74) is 5.11. The molecule has 4 rings (SSSR count). The number of amides is 1. The van der Waals surface area contributed by atoms with Gasteiger partial charge in [0.15, 0.2) is 0 Å². The molecule has 0 aromatic heterocycles. The summed E-state index contributed by atoms with van der Waals surface area (Å²) in [4.78, 5) is 25.0. The van der Waals surface area contributed by atoms with Crippen molar-refractivity contribution in [3.8, 4) is 22.6 Å². The third kappa shape index (κ3) is 7.65. The lowest BCUT2D eigenvalue weighted by atomic mass is 9.93. The monoisotopic (exact) mass is 540 g/mol. The number of hydrogen-bond donors (Lipinski definition) is 3. The minimum atomic E-state index is -1.03. The lowest BCUT2D eigenvalue weighted by Crippen LogP contribution is -2.41. The summed E-state index contributed by atoms with van der Waals surface area (Å²) in [6, 6.07) is 30.0. The molecule has 200 valence electrons. The Morgan fingerprint density at radius 3 is 2.26 bits per heavy atom. The van der Waals surface area contributed by atoms with Crippen LogP contribution in [0.2, 0.25) is 0 Å². The zero-order chi connectivity index (χ0) is 27.6. The molecule has 0 radical (unpaired) electrons. The number of rotatable bonds is 12. The second-order valence-electron chi connectivity index (χ2n) is 9.13. The second kappa shape index (κ2) is 13.5. The van der Waals surface area contributed by atoms with Crippen molar-refractivity contribution in [2.24, 2.45) is 0 Å². The maximum absolute atomic E-state index is 13.3. The quantitative estimate of drug-likeness (QED) is 0.179. The molecule has 4 aromatic carbocycles. The molecule has 0 spiro atoms. The first-order valence-corrected chi connectivity index (χ1v) is 14.1. The highest BCUT2D eigenvalue weighted by atomic mass is 32.2. The Balaban J connectivity index is 1.52. The van der Waals surface area contributed by atoms with Crippen molar-refractivity contribution in [2.45, 2.75) is 25.9 Å². The summed E-state index contributed by atoms with van der Waals surface area (Å²) in [5.74, 6) is 0.753.